The van der Waals surface area contributed by atoms with Gasteiger partial charge in [-0.05, 0) is 31.4 Å². The summed E-state index contributed by atoms with van der Waals surface area (Å²) in [6.07, 6.45) is -2.13. The first kappa shape index (κ1) is 21.1. The molecule has 0 spiro atoms. The lowest BCUT2D eigenvalue weighted by molar-refractivity contribution is -0.105. The SMILES string of the molecule is O=C(CCC1(O)CCC(F)(F)CC1)c1cn(CCC(F)F)c2cccc(Cl)c12. The van der Waals surface area contributed by atoms with Crippen LogP contribution in [0.25, 0.3) is 10.9 Å². The summed E-state index contributed by atoms with van der Waals surface area (Å²) in [6, 6.07) is 5.01. The lowest BCUT2D eigenvalue weighted by Gasteiger charge is -2.35. The molecule has 2 aromatic rings. The molecule has 1 saturated carbocycles. The van der Waals surface area contributed by atoms with Gasteiger partial charge < -0.3 is 9.67 Å². The van der Waals surface area contributed by atoms with Gasteiger partial charge in [-0.15, -0.1) is 0 Å². The molecule has 1 aromatic carbocycles. The van der Waals surface area contributed by atoms with Gasteiger partial charge in [0.25, 0.3) is 0 Å². The third-order valence-corrected chi connectivity index (χ3v) is 5.79. The van der Waals surface area contributed by atoms with Crippen molar-refractivity contribution in [2.45, 2.75) is 69.4 Å². The molecule has 1 aliphatic rings. The molecule has 0 aliphatic heterocycles. The number of fused-ring (bicyclic) bond motifs is 1. The van der Waals surface area contributed by atoms with E-state index in [9.17, 15) is 27.5 Å². The van der Waals surface area contributed by atoms with Gasteiger partial charge in [0.05, 0.1) is 16.1 Å². The average Bonchev–Trinajstić information content (AvgIpc) is 3.01. The number of carbonyl (C=O) groups is 1. The second-order valence-electron chi connectivity index (χ2n) is 7.55. The van der Waals surface area contributed by atoms with E-state index in [1.54, 1.807) is 22.8 Å². The van der Waals surface area contributed by atoms with Crippen molar-refractivity contribution in [1.29, 1.82) is 0 Å². The first-order valence-electron chi connectivity index (χ1n) is 9.29. The largest absolute Gasteiger partial charge is 0.390 e. The smallest absolute Gasteiger partial charge is 0.248 e. The summed E-state index contributed by atoms with van der Waals surface area (Å²) >= 11 is 6.24. The minimum absolute atomic E-state index is 0.0265. The van der Waals surface area contributed by atoms with Gasteiger partial charge in [0.2, 0.25) is 12.3 Å². The highest BCUT2D eigenvalue weighted by Crippen LogP contribution is 2.41. The lowest BCUT2D eigenvalue weighted by atomic mass is 9.79. The molecule has 8 heteroatoms. The number of halogens is 5. The molecule has 0 amide bonds. The van der Waals surface area contributed by atoms with E-state index in [-0.39, 0.29) is 44.4 Å². The fraction of sp³-hybridized carbons (Fsp3) is 0.550. The topological polar surface area (TPSA) is 42.2 Å². The third kappa shape index (κ3) is 4.69. The van der Waals surface area contributed by atoms with Crippen molar-refractivity contribution in [3.63, 3.8) is 0 Å². The number of benzene rings is 1. The number of hydrogen-bond acceptors (Lipinski definition) is 2. The van der Waals surface area contributed by atoms with Crippen LogP contribution < -0.4 is 0 Å². The van der Waals surface area contributed by atoms with E-state index in [2.05, 4.69) is 0 Å². The first-order valence-corrected chi connectivity index (χ1v) is 9.67. The average molecular weight is 420 g/mol. The van der Waals surface area contributed by atoms with Crippen molar-refractivity contribution >= 4 is 28.3 Å². The first-order chi connectivity index (χ1) is 13.1. The van der Waals surface area contributed by atoms with Crippen molar-refractivity contribution in [2.24, 2.45) is 0 Å². The van der Waals surface area contributed by atoms with Crippen molar-refractivity contribution in [2.75, 3.05) is 0 Å². The Kier molecular flexibility index (Phi) is 6.05. The quantitative estimate of drug-likeness (QED) is 0.451. The van der Waals surface area contributed by atoms with Crippen LogP contribution in [0.2, 0.25) is 5.02 Å². The van der Waals surface area contributed by atoms with Crippen molar-refractivity contribution in [3.05, 3.63) is 35.0 Å². The van der Waals surface area contributed by atoms with Crippen LogP contribution >= 0.6 is 11.6 Å². The van der Waals surface area contributed by atoms with E-state index in [0.29, 0.717) is 21.5 Å². The summed E-state index contributed by atoms with van der Waals surface area (Å²) in [6.45, 7) is 0.0425. The monoisotopic (exact) mass is 419 g/mol. The van der Waals surface area contributed by atoms with E-state index < -0.39 is 30.8 Å². The molecule has 3 rings (SSSR count). The highest BCUT2D eigenvalue weighted by atomic mass is 35.5. The second-order valence-corrected chi connectivity index (χ2v) is 7.96. The summed E-state index contributed by atoms with van der Waals surface area (Å²) in [4.78, 5) is 12.8. The Hall–Kier alpha value is -1.60. The highest BCUT2D eigenvalue weighted by Gasteiger charge is 2.42. The van der Waals surface area contributed by atoms with Gasteiger partial charge in [0.15, 0.2) is 5.78 Å². The van der Waals surface area contributed by atoms with E-state index in [1.165, 1.54) is 6.20 Å². The molecule has 0 bridgehead atoms. The Morgan fingerprint density at radius 1 is 1.21 bits per heavy atom. The van der Waals surface area contributed by atoms with E-state index in [0.717, 1.165) is 0 Å². The Morgan fingerprint density at radius 3 is 2.54 bits per heavy atom. The summed E-state index contributed by atoms with van der Waals surface area (Å²) < 4.78 is 53.4. The molecule has 1 N–H and O–H groups in total. The molecule has 3 nitrogen and oxygen atoms in total. The molecule has 154 valence electrons. The van der Waals surface area contributed by atoms with E-state index in [4.69, 9.17) is 11.6 Å². The van der Waals surface area contributed by atoms with E-state index in [1.807, 2.05) is 0 Å². The molecule has 0 atom stereocenters. The van der Waals surface area contributed by atoms with Gasteiger partial charge in [-0.2, -0.15) is 0 Å². The van der Waals surface area contributed by atoms with Crippen LogP contribution in [0.4, 0.5) is 17.6 Å². The number of hydrogen-bond donors (Lipinski definition) is 1. The van der Waals surface area contributed by atoms with Gasteiger partial charge >= 0.3 is 0 Å². The number of alkyl halides is 4. The second kappa shape index (κ2) is 8.03. The highest BCUT2D eigenvalue weighted by molar-refractivity contribution is 6.37. The standard InChI is InChI=1S/C20H22ClF4NO2/c21-14-2-1-3-15-18(14)13(12-26(15)11-5-17(22)23)16(27)4-6-19(28)7-9-20(24,25)10-8-19/h1-3,12,17,28H,4-11H2. The summed E-state index contributed by atoms with van der Waals surface area (Å²) in [5, 5.41) is 11.3. The molecule has 28 heavy (non-hydrogen) atoms. The number of aliphatic hydroxyl groups is 1. The molecule has 1 fully saturated rings. The van der Waals surface area contributed by atoms with Gasteiger partial charge in [-0.25, -0.2) is 17.6 Å². The van der Waals surface area contributed by atoms with Gasteiger partial charge in [0, 0.05) is 49.4 Å². The Bertz CT molecular complexity index is 855. The number of carbonyl (C=O) groups excluding carboxylic acids is 1. The Labute approximate surface area is 165 Å². The van der Waals surface area contributed by atoms with Crippen molar-refractivity contribution in [1.82, 2.24) is 4.57 Å². The van der Waals surface area contributed by atoms with Crippen LogP contribution in [0.5, 0.6) is 0 Å². The van der Waals surface area contributed by atoms with Gasteiger partial charge in [0.1, 0.15) is 0 Å². The normalized spacial score (nSPS) is 18.7. The van der Waals surface area contributed by atoms with E-state index >= 15 is 0 Å². The zero-order valence-electron chi connectivity index (χ0n) is 15.2. The number of aryl methyl sites for hydroxylation is 1. The van der Waals surface area contributed by atoms with Gasteiger partial charge in [-0.3, -0.25) is 4.79 Å². The number of aromatic nitrogens is 1. The van der Waals surface area contributed by atoms with Crippen LogP contribution in [-0.4, -0.2) is 33.4 Å². The maximum atomic E-state index is 13.3. The van der Waals surface area contributed by atoms with Crippen LogP contribution in [0.1, 0.15) is 55.3 Å². The molecule has 1 heterocycles. The molecule has 0 saturated heterocycles. The molecular weight excluding hydrogens is 398 g/mol. The molecule has 1 aliphatic carbocycles. The lowest BCUT2D eigenvalue weighted by Crippen LogP contribution is -2.38. The van der Waals surface area contributed by atoms with Crippen molar-refractivity contribution < 1.29 is 27.5 Å². The zero-order chi connectivity index (χ0) is 20.5. The van der Waals surface area contributed by atoms with Crippen LogP contribution in [0.15, 0.2) is 24.4 Å². The van der Waals surface area contributed by atoms with Crippen LogP contribution in [0, 0.1) is 0 Å². The summed E-state index contributed by atoms with van der Waals surface area (Å²) in [5.74, 6) is -3.05. The minimum atomic E-state index is -2.76. The predicted octanol–water partition coefficient (Wildman–Crippen LogP) is 5.85. The zero-order valence-corrected chi connectivity index (χ0v) is 16.0. The van der Waals surface area contributed by atoms with Crippen LogP contribution in [-0.2, 0) is 6.54 Å². The molecule has 1 aromatic heterocycles. The van der Waals surface area contributed by atoms with Crippen molar-refractivity contribution in [3.8, 4) is 0 Å². The molecule has 0 unspecified atom stereocenters. The fourth-order valence-corrected chi connectivity index (χ4v) is 4.03. The number of nitrogens with zero attached hydrogens (tertiary/aromatic N) is 1. The molecular formula is C20H22ClF4NO2. The maximum Gasteiger partial charge on any atom is 0.248 e. The number of Topliss-reactive ketones (excluding diaryl/α,β-unsaturated/α-hetero) is 1. The maximum absolute atomic E-state index is 13.3. The third-order valence-electron chi connectivity index (χ3n) is 5.47. The fourth-order valence-electron chi connectivity index (χ4n) is 3.75. The summed E-state index contributed by atoms with van der Waals surface area (Å²) in [5.41, 5.74) is -0.387. The minimum Gasteiger partial charge on any atom is -0.390 e. The Morgan fingerprint density at radius 2 is 1.89 bits per heavy atom. The number of rotatable bonds is 7. The van der Waals surface area contributed by atoms with Gasteiger partial charge in [-0.1, -0.05) is 17.7 Å². The Balaban J connectivity index is 1.78. The predicted molar refractivity (Wildman–Crippen MR) is 99.5 cm³/mol. The number of ketones is 1. The summed E-state index contributed by atoms with van der Waals surface area (Å²) in [7, 11) is 0. The van der Waals surface area contributed by atoms with Crippen LogP contribution in [0.3, 0.4) is 0 Å². The molecule has 0 radical (unpaired) electrons.